The van der Waals surface area contributed by atoms with Gasteiger partial charge in [-0.25, -0.2) is 9.37 Å². The average molecular weight is 516 g/mol. The van der Waals surface area contributed by atoms with Crippen molar-refractivity contribution >= 4 is 29.9 Å². The number of ether oxygens (including phenoxy) is 2. The van der Waals surface area contributed by atoms with Crippen molar-refractivity contribution in [3.63, 3.8) is 0 Å². The Kier molecular flexibility index (Phi) is 10.3. The van der Waals surface area contributed by atoms with Crippen molar-refractivity contribution in [1.29, 1.82) is 0 Å². The Bertz CT molecular complexity index is 762. The van der Waals surface area contributed by atoms with E-state index in [4.69, 9.17) is 9.47 Å². The second-order valence-electron chi connectivity index (χ2n) is 7.46. The quantitative estimate of drug-likeness (QED) is 0.325. The zero-order valence-electron chi connectivity index (χ0n) is 17.5. The van der Waals surface area contributed by atoms with Gasteiger partial charge in [0.25, 0.3) is 0 Å². The average Bonchev–Trinajstić information content (AvgIpc) is 2.66. The van der Waals surface area contributed by atoms with Gasteiger partial charge in [-0.3, -0.25) is 4.99 Å². The summed E-state index contributed by atoms with van der Waals surface area (Å²) in [5.41, 5.74) is 1.01. The smallest absolute Gasteiger partial charge is 0.219 e. The van der Waals surface area contributed by atoms with Crippen LogP contribution in [0.25, 0.3) is 0 Å². The van der Waals surface area contributed by atoms with Gasteiger partial charge in [0.15, 0.2) is 5.96 Å². The monoisotopic (exact) mass is 516 g/mol. The Balaban J connectivity index is 0.00000420. The third-order valence-corrected chi connectivity index (χ3v) is 4.22. The molecule has 2 rings (SSSR count). The van der Waals surface area contributed by atoms with Crippen molar-refractivity contribution in [2.24, 2.45) is 10.4 Å². The van der Waals surface area contributed by atoms with Gasteiger partial charge < -0.3 is 20.1 Å². The molecule has 0 spiro atoms. The summed E-state index contributed by atoms with van der Waals surface area (Å²) < 4.78 is 24.1. The van der Waals surface area contributed by atoms with Crippen LogP contribution in [0.15, 0.2) is 47.6 Å². The molecular weight excluding hydrogens is 486 g/mol. The summed E-state index contributed by atoms with van der Waals surface area (Å²) in [4.78, 5) is 8.52. The highest BCUT2D eigenvalue weighted by Gasteiger charge is 2.24. The highest BCUT2D eigenvalue weighted by Crippen LogP contribution is 2.21. The molecule has 0 aliphatic heterocycles. The lowest BCUT2D eigenvalue weighted by atomic mass is 9.89. The van der Waals surface area contributed by atoms with Crippen LogP contribution < -0.4 is 15.4 Å². The maximum atomic E-state index is 12.9. The third kappa shape index (κ3) is 8.53. The van der Waals surface area contributed by atoms with E-state index in [0.717, 1.165) is 5.56 Å². The Morgan fingerprint density at radius 1 is 1.14 bits per heavy atom. The Morgan fingerprint density at radius 3 is 2.34 bits per heavy atom. The van der Waals surface area contributed by atoms with Crippen LogP contribution in [0, 0.1) is 11.2 Å². The lowest BCUT2D eigenvalue weighted by Crippen LogP contribution is -2.45. The third-order valence-electron chi connectivity index (χ3n) is 4.22. The van der Waals surface area contributed by atoms with E-state index in [1.807, 2.05) is 6.07 Å². The molecule has 0 amide bonds. The van der Waals surface area contributed by atoms with E-state index in [-0.39, 0.29) is 41.3 Å². The van der Waals surface area contributed by atoms with E-state index in [0.29, 0.717) is 30.7 Å². The molecule has 0 bridgehead atoms. The molecule has 0 saturated carbocycles. The summed E-state index contributed by atoms with van der Waals surface area (Å²) in [6.45, 7) is 7.64. The molecule has 1 aromatic carbocycles. The van der Waals surface area contributed by atoms with Crippen molar-refractivity contribution in [3.8, 4) is 11.6 Å². The number of halogens is 2. The fourth-order valence-electron chi connectivity index (χ4n) is 2.54. The van der Waals surface area contributed by atoms with Gasteiger partial charge in [0.1, 0.15) is 11.6 Å². The summed E-state index contributed by atoms with van der Waals surface area (Å²) in [7, 11) is 3.45. The van der Waals surface area contributed by atoms with Crippen molar-refractivity contribution in [3.05, 3.63) is 54.0 Å². The van der Waals surface area contributed by atoms with Crippen LogP contribution in [-0.2, 0) is 11.3 Å². The number of hydrogen-bond donors (Lipinski definition) is 2. The first kappa shape index (κ1) is 25.1. The molecule has 6 nitrogen and oxygen atoms in total. The molecule has 1 atom stereocenters. The number of nitrogens with one attached hydrogen (secondary N) is 2. The first-order valence-corrected chi connectivity index (χ1v) is 9.17. The van der Waals surface area contributed by atoms with Crippen LogP contribution in [0.3, 0.4) is 0 Å². The largest absolute Gasteiger partial charge is 0.439 e. The van der Waals surface area contributed by atoms with E-state index in [2.05, 4.69) is 41.4 Å². The van der Waals surface area contributed by atoms with Gasteiger partial charge in [0, 0.05) is 39.5 Å². The lowest BCUT2D eigenvalue weighted by Gasteiger charge is -2.30. The SMILES string of the molecule is CN=C(NCc1ccc(Oc2ccc(F)cc2)nc1)NCC(OC)C(C)(C)C.I. The van der Waals surface area contributed by atoms with Crippen LogP contribution >= 0.6 is 24.0 Å². The molecule has 0 saturated heterocycles. The predicted octanol–water partition coefficient (Wildman–Crippen LogP) is 4.36. The lowest BCUT2D eigenvalue weighted by molar-refractivity contribution is 0.0205. The molecule has 0 aliphatic carbocycles. The second kappa shape index (κ2) is 11.9. The maximum Gasteiger partial charge on any atom is 0.219 e. The number of guanidine groups is 1. The topological polar surface area (TPSA) is 67.8 Å². The summed E-state index contributed by atoms with van der Waals surface area (Å²) in [5.74, 6) is 1.38. The molecule has 0 aliphatic rings. The minimum absolute atomic E-state index is 0. The molecule has 0 fully saturated rings. The van der Waals surface area contributed by atoms with E-state index >= 15 is 0 Å². The van der Waals surface area contributed by atoms with Gasteiger partial charge in [-0.05, 0) is 35.2 Å². The maximum absolute atomic E-state index is 12.9. The van der Waals surface area contributed by atoms with Crippen LogP contribution in [0.5, 0.6) is 11.6 Å². The van der Waals surface area contributed by atoms with Gasteiger partial charge >= 0.3 is 0 Å². The minimum Gasteiger partial charge on any atom is -0.439 e. The Hall–Kier alpha value is -1.94. The predicted molar refractivity (Wildman–Crippen MR) is 125 cm³/mol. The number of aliphatic imine (C=N–C) groups is 1. The summed E-state index contributed by atoms with van der Waals surface area (Å²) in [6, 6.07) is 9.51. The van der Waals surface area contributed by atoms with E-state index in [1.165, 1.54) is 12.1 Å². The molecule has 0 radical (unpaired) electrons. The Labute approximate surface area is 189 Å². The molecule has 1 aromatic heterocycles. The first-order chi connectivity index (χ1) is 13.3. The van der Waals surface area contributed by atoms with Gasteiger partial charge in [-0.15, -0.1) is 24.0 Å². The highest BCUT2D eigenvalue weighted by atomic mass is 127. The normalized spacial score (nSPS) is 12.7. The number of nitrogens with zero attached hydrogens (tertiary/aromatic N) is 2. The number of hydrogen-bond acceptors (Lipinski definition) is 4. The van der Waals surface area contributed by atoms with E-state index in [9.17, 15) is 4.39 Å². The molecule has 2 aromatic rings. The van der Waals surface area contributed by atoms with Gasteiger partial charge in [0.05, 0.1) is 6.10 Å². The molecule has 29 heavy (non-hydrogen) atoms. The summed E-state index contributed by atoms with van der Waals surface area (Å²) in [6.07, 6.45) is 1.79. The van der Waals surface area contributed by atoms with E-state index < -0.39 is 0 Å². The van der Waals surface area contributed by atoms with Gasteiger partial charge in [-0.1, -0.05) is 26.8 Å². The molecule has 8 heteroatoms. The summed E-state index contributed by atoms with van der Waals surface area (Å²) >= 11 is 0. The number of pyridine rings is 1. The van der Waals surface area contributed by atoms with Crippen LogP contribution in [0.4, 0.5) is 4.39 Å². The standard InChI is InChI=1S/C21H29FN4O2.HI/c1-21(2,3)18(27-5)14-26-20(23-4)25-13-15-6-11-19(24-12-15)28-17-9-7-16(22)8-10-17;/h6-12,18H,13-14H2,1-5H3,(H2,23,25,26);1H. The fraction of sp³-hybridized carbons (Fsp3) is 0.429. The molecule has 1 heterocycles. The van der Waals surface area contributed by atoms with Crippen molar-refractivity contribution in [1.82, 2.24) is 15.6 Å². The van der Waals surface area contributed by atoms with Gasteiger partial charge in [0.2, 0.25) is 5.88 Å². The molecular formula is C21H30FIN4O2. The zero-order chi connectivity index (χ0) is 20.6. The van der Waals surface area contributed by atoms with Crippen molar-refractivity contribution in [2.75, 3.05) is 20.7 Å². The fourth-order valence-corrected chi connectivity index (χ4v) is 2.54. The first-order valence-electron chi connectivity index (χ1n) is 9.17. The van der Waals surface area contributed by atoms with E-state index in [1.54, 1.807) is 38.6 Å². The number of methoxy groups -OCH3 is 1. The van der Waals surface area contributed by atoms with Crippen LogP contribution in [-0.4, -0.2) is 37.7 Å². The molecule has 160 valence electrons. The minimum atomic E-state index is -0.303. The highest BCUT2D eigenvalue weighted by molar-refractivity contribution is 14.0. The van der Waals surface area contributed by atoms with Crippen molar-refractivity contribution in [2.45, 2.75) is 33.4 Å². The summed E-state index contributed by atoms with van der Waals surface area (Å²) in [5, 5.41) is 6.54. The number of rotatable bonds is 7. The number of benzene rings is 1. The molecule has 2 N–H and O–H groups in total. The second-order valence-corrected chi connectivity index (χ2v) is 7.46. The van der Waals surface area contributed by atoms with Crippen molar-refractivity contribution < 1.29 is 13.9 Å². The van der Waals surface area contributed by atoms with Gasteiger partial charge in [-0.2, -0.15) is 0 Å². The van der Waals surface area contributed by atoms with Crippen LogP contribution in [0.1, 0.15) is 26.3 Å². The Morgan fingerprint density at radius 2 is 1.83 bits per heavy atom. The number of aromatic nitrogens is 1. The zero-order valence-corrected chi connectivity index (χ0v) is 19.9. The van der Waals surface area contributed by atoms with Crippen LogP contribution in [0.2, 0.25) is 0 Å². The molecule has 1 unspecified atom stereocenters.